The van der Waals surface area contributed by atoms with E-state index in [9.17, 15) is 28.1 Å². The molecule has 0 fully saturated rings. The maximum absolute atomic E-state index is 13.0. The van der Waals surface area contributed by atoms with Crippen LogP contribution in [0.1, 0.15) is 37.5 Å². The summed E-state index contributed by atoms with van der Waals surface area (Å²) in [6.07, 6.45) is -5.26. The van der Waals surface area contributed by atoms with Crippen molar-refractivity contribution >= 4 is 11.8 Å². The highest BCUT2D eigenvalue weighted by Gasteiger charge is 2.36. The third kappa shape index (κ3) is 3.95. The Labute approximate surface area is 136 Å². The summed E-state index contributed by atoms with van der Waals surface area (Å²) in [5.74, 6) is 0. The average molecular weight is 346 g/mol. The predicted molar refractivity (Wildman–Crippen MR) is 78.4 cm³/mol. The molecule has 1 aliphatic rings. The average Bonchev–Trinajstić information content (AvgIpc) is 2.42. The summed E-state index contributed by atoms with van der Waals surface area (Å²) in [6, 6.07) is 1.40. The molecule has 6 nitrogen and oxygen atoms in total. The Balaban J connectivity index is 2.38. The van der Waals surface area contributed by atoms with Gasteiger partial charge in [-0.1, -0.05) is 0 Å². The van der Waals surface area contributed by atoms with Crippen LogP contribution >= 0.6 is 0 Å². The molecule has 1 amide bonds. The van der Waals surface area contributed by atoms with Crippen LogP contribution in [0.4, 0.5) is 23.7 Å². The monoisotopic (exact) mass is 346 g/mol. The molecule has 132 valence electrons. The van der Waals surface area contributed by atoms with Crippen molar-refractivity contribution in [1.29, 1.82) is 0 Å². The highest BCUT2D eigenvalue weighted by molar-refractivity contribution is 5.69. The number of hydrogen-bond acceptors (Lipinski definition) is 4. The molecule has 24 heavy (non-hydrogen) atoms. The molecule has 2 rings (SSSR count). The fourth-order valence-electron chi connectivity index (χ4n) is 2.49. The predicted octanol–water partition coefficient (Wildman–Crippen LogP) is 3.91. The minimum atomic E-state index is -4.70. The van der Waals surface area contributed by atoms with E-state index in [1.807, 2.05) is 0 Å². The topological polar surface area (TPSA) is 72.7 Å². The Kier molecular flexibility index (Phi) is 4.47. The molecule has 0 aliphatic carbocycles. The zero-order chi connectivity index (χ0) is 18.3. The second-order valence-electron chi connectivity index (χ2n) is 6.54. The van der Waals surface area contributed by atoms with Crippen LogP contribution in [-0.4, -0.2) is 28.1 Å². The molecule has 9 heteroatoms. The standard InChI is InChI=1S/C15H17F3N2O4/c1-14(2,3)24-13(21)19-5-4-11-9(8-19)6-10(15(16,17)18)7-12(11)20(22)23/h6-7H,4-5,8H2,1-3H3. The van der Waals surface area contributed by atoms with Crippen molar-refractivity contribution in [3.8, 4) is 0 Å². The first kappa shape index (κ1) is 18.0. The molecule has 0 saturated heterocycles. The number of carbonyl (C=O) groups is 1. The Morgan fingerprint density at radius 2 is 1.92 bits per heavy atom. The summed E-state index contributed by atoms with van der Waals surface area (Å²) in [5.41, 5.74) is -2.05. The van der Waals surface area contributed by atoms with Crippen molar-refractivity contribution in [2.45, 2.75) is 45.5 Å². The van der Waals surface area contributed by atoms with Crippen LogP contribution < -0.4 is 0 Å². The lowest BCUT2D eigenvalue weighted by molar-refractivity contribution is -0.385. The number of alkyl halides is 3. The summed E-state index contributed by atoms with van der Waals surface area (Å²) in [5, 5.41) is 11.1. The summed E-state index contributed by atoms with van der Waals surface area (Å²) in [4.78, 5) is 23.6. The fourth-order valence-corrected chi connectivity index (χ4v) is 2.49. The normalized spacial score (nSPS) is 15.0. The van der Waals surface area contributed by atoms with E-state index in [1.165, 1.54) is 4.90 Å². The van der Waals surface area contributed by atoms with Crippen LogP contribution in [0.3, 0.4) is 0 Å². The van der Waals surface area contributed by atoms with Gasteiger partial charge in [0.05, 0.1) is 10.5 Å². The fraction of sp³-hybridized carbons (Fsp3) is 0.533. The molecule has 0 aromatic heterocycles. The third-order valence-electron chi connectivity index (χ3n) is 3.49. The van der Waals surface area contributed by atoms with Crippen LogP contribution in [0.25, 0.3) is 0 Å². The lowest BCUT2D eigenvalue weighted by atomic mass is 9.95. The van der Waals surface area contributed by atoms with Gasteiger partial charge < -0.3 is 9.64 Å². The Morgan fingerprint density at radius 3 is 2.42 bits per heavy atom. The van der Waals surface area contributed by atoms with Gasteiger partial charge in [-0.2, -0.15) is 13.2 Å². The number of rotatable bonds is 1. The molecule has 1 heterocycles. The smallest absolute Gasteiger partial charge is 0.416 e. The van der Waals surface area contributed by atoms with Crippen LogP contribution in [0, 0.1) is 10.1 Å². The lowest BCUT2D eigenvalue weighted by Crippen LogP contribution is -2.40. The number of fused-ring (bicyclic) bond motifs is 1. The summed E-state index contributed by atoms with van der Waals surface area (Å²) >= 11 is 0. The van der Waals surface area contributed by atoms with E-state index in [0.717, 1.165) is 6.07 Å². The van der Waals surface area contributed by atoms with Crippen molar-refractivity contribution < 1.29 is 27.6 Å². The number of carbonyl (C=O) groups excluding carboxylic acids is 1. The van der Waals surface area contributed by atoms with Crippen molar-refractivity contribution in [1.82, 2.24) is 4.90 Å². The third-order valence-corrected chi connectivity index (χ3v) is 3.49. The number of amides is 1. The molecule has 0 radical (unpaired) electrons. The highest BCUT2D eigenvalue weighted by atomic mass is 19.4. The van der Waals surface area contributed by atoms with E-state index in [4.69, 9.17) is 4.74 Å². The Bertz CT molecular complexity index is 681. The van der Waals surface area contributed by atoms with Crippen molar-refractivity contribution in [3.63, 3.8) is 0 Å². The van der Waals surface area contributed by atoms with Gasteiger partial charge in [-0.25, -0.2) is 4.79 Å². The van der Waals surface area contributed by atoms with Crippen molar-refractivity contribution in [2.24, 2.45) is 0 Å². The van der Waals surface area contributed by atoms with E-state index in [0.29, 0.717) is 6.07 Å². The van der Waals surface area contributed by atoms with Crippen LogP contribution in [0.2, 0.25) is 0 Å². The van der Waals surface area contributed by atoms with Gasteiger partial charge in [0.1, 0.15) is 5.60 Å². The molecule has 1 aromatic rings. The van der Waals surface area contributed by atoms with Gasteiger partial charge in [0.25, 0.3) is 5.69 Å². The molecular weight excluding hydrogens is 329 g/mol. The molecule has 0 saturated carbocycles. The molecular formula is C15H17F3N2O4. The van der Waals surface area contributed by atoms with Crippen LogP contribution in [-0.2, 0) is 23.9 Å². The van der Waals surface area contributed by atoms with Gasteiger partial charge in [0.15, 0.2) is 0 Å². The van der Waals surface area contributed by atoms with E-state index >= 15 is 0 Å². The molecule has 0 N–H and O–H groups in total. The summed E-state index contributed by atoms with van der Waals surface area (Å²) in [6.45, 7) is 5.02. The number of nitrogens with zero attached hydrogens (tertiary/aromatic N) is 2. The number of nitro groups is 1. The number of benzene rings is 1. The van der Waals surface area contributed by atoms with Crippen LogP contribution in [0.15, 0.2) is 12.1 Å². The van der Waals surface area contributed by atoms with Crippen molar-refractivity contribution in [3.05, 3.63) is 38.9 Å². The minimum Gasteiger partial charge on any atom is -0.444 e. The number of halogens is 3. The highest BCUT2D eigenvalue weighted by Crippen LogP contribution is 2.37. The first-order valence-corrected chi connectivity index (χ1v) is 7.24. The largest absolute Gasteiger partial charge is 0.444 e. The maximum atomic E-state index is 13.0. The number of ether oxygens (including phenoxy) is 1. The van der Waals surface area contributed by atoms with Gasteiger partial charge in [-0.15, -0.1) is 0 Å². The minimum absolute atomic E-state index is 0.100. The molecule has 0 unspecified atom stereocenters. The van der Waals surface area contributed by atoms with Crippen molar-refractivity contribution in [2.75, 3.05) is 6.54 Å². The van der Waals surface area contributed by atoms with Gasteiger partial charge in [0, 0.05) is 24.7 Å². The van der Waals surface area contributed by atoms with Crippen LogP contribution in [0.5, 0.6) is 0 Å². The number of hydrogen-bond donors (Lipinski definition) is 0. The Hall–Kier alpha value is -2.32. The van der Waals surface area contributed by atoms with E-state index < -0.39 is 34.0 Å². The molecule has 0 bridgehead atoms. The first-order valence-electron chi connectivity index (χ1n) is 7.24. The van der Waals surface area contributed by atoms with E-state index in [2.05, 4.69) is 0 Å². The second-order valence-corrected chi connectivity index (χ2v) is 6.54. The van der Waals surface area contributed by atoms with Gasteiger partial charge in [0.2, 0.25) is 0 Å². The van der Waals surface area contributed by atoms with Gasteiger partial charge in [-0.3, -0.25) is 10.1 Å². The number of nitro benzene ring substituents is 1. The zero-order valence-electron chi connectivity index (χ0n) is 13.4. The molecule has 1 aromatic carbocycles. The maximum Gasteiger partial charge on any atom is 0.416 e. The lowest BCUT2D eigenvalue weighted by Gasteiger charge is -2.31. The first-order chi connectivity index (χ1) is 10.9. The quantitative estimate of drug-likeness (QED) is 0.571. The molecule has 0 atom stereocenters. The van der Waals surface area contributed by atoms with E-state index in [-0.39, 0.29) is 30.6 Å². The summed E-state index contributed by atoms with van der Waals surface area (Å²) < 4.78 is 44.1. The SMILES string of the molecule is CC(C)(C)OC(=O)N1CCc2c(cc(C(F)(F)F)cc2[N+](=O)[O-])C1. The molecule has 0 spiro atoms. The van der Waals surface area contributed by atoms with Gasteiger partial charge in [-0.05, 0) is 38.8 Å². The molecule has 1 aliphatic heterocycles. The van der Waals surface area contributed by atoms with E-state index in [1.54, 1.807) is 20.8 Å². The zero-order valence-corrected chi connectivity index (χ0v) is 13.4. The Morgan fingerprint density at radius 1 is 1.29 bits per heavy atom. The van der Waals surface area contributed by atoms with Gasteiger partial charge >= 0.3 is 12.3 Å². The second kappa shape index (κ2) is 5.95. The summed E-state index contributed by atoms with van der Waals surface area (Å²) in [7, 11) is 0.